The summed E-state index contributed by atoms with van der Waals surface area (Å²) in [5, 5.41) is 34.8. The Morgan fingerprint density at radius 1 is 0.755 bits per heavy atom. The molecule has 53 heavy (non-hydrogen) atoms. The number of ether oxygens (including phenoxy) is 2. The molecule has 0 aromatic heterocycles. The molecule has 12 nitrogen and oxygen atoms in total. The molecule has 0 aliphatic carbocycles. The summed E-state index contributed by atoms with van der Waals surface area (Å²) in [7, 11) is 0. The molecule has 278 valence electrons. The third-order valence-corrected chi connectivity index (χ3v) is 10.0. The van der Waals surface area contributed by atoms with Crippen LogP contribution in [-0.4, -0.2) is 97.3 Å². The fourth-order valence-corrected chi connectivity index (χ4v) is 7.27. The molecule has 0 bridgehead atoms. The van der Waals surface area contributed by atoms with E-state index in [-0.39, 0.29) is 44.2 Å². The number of benzene rings is 4. The van der Waals surface area contributed by atoms with Gasteiger partial charge in [-0.05, 0) is 49.2 Å². The Morgan fingerprint density at radius 2 is 1.23 bits per heavy atom. The maximum absolute atomic E-state index is 12.9. The van der Waals surface area contributed by atoms with Gasteiger partial charge in [-0.15, -0.1) is 0 Å². The summed E-state index contributed by atoms with van der Waals surface area (Å²) >= 11 is 14.2. The van der Waals surface area contributed by atoms with Gasteiger partial charge in [-0.25, -0.2) is 0 Å². The second-order valence-corrected chi connectivity index (χ2v) is 13.8. The number of hydrogen-bond acceptors (Lipinski definition) is 9. The SMILES string of the molecule is C[C@H](CN1C(=O)COc2cc(-c3cccc(-c4cccc(-c5ccc6c(c5)OCC(=O)N6C[C@@H](C)N[C@@H](CO)C(=O)O)c4Cl)c3Cl)ccc21)NCCO. The first-order valence-corrected chi connectivity index (χ1v) is 17.9. The molecule has 0 unspecified atom stereocenters. The van der Waals surface area contributed by atoms with Gasteiger partial charge >= 0.3 is 5.97 Å². The zero-order valence-corrected chi connectivity index (χ0v) is 30.7. The molecule has 2 heterocycles. The van der Waals surface area contributed by atoms with Crippen LogP contribution in [0.5, 0.6) is 11.5 Å². The highest BCUT2D eigenvalue weighted by atomic mass is 35.5. The number of rotatable bonds is 14. The Hall–Kier alpha value is -4.69. The number of carboxylic acid groups (broad SMARTS) is 1. The van der Waals surface area contributed by atoms with Gasteiger partial charge in [0.05, 0.1) is 34.6 Å². The second kappa shape index (κ2) is 16.5. The highest BCUT2D eigenvalue weighted by molar-refractivity contribution is 6.39. The first-order chi connectivity index (χ1) is 25.5. The predicted molar refractivity (Wildman–Crippen MR) is 204 cm³/mol. The van der Waals surface area contributed by atoms with Crippen LogP contribution < -0.4 is 29.9 Å². The summed E-state index contributed by atoms with van der Waals surface area (Å²) < 4.78 is 11.7. The minimum absolute atomic E-state index is 0.00729. The molecule has 3 atom stereocenters. The molecule has 0 saturated heterocycles. The van der Waals surface area contributed by atoms with E-state index in [1.165, 1.54) is 4.90 Å². The number of carboxylic acids is 1. The lowest BCUT2D eigenvalue weighted by molar-refractivity contribution is -0.140. The molecule has 0 fully saturated rings. The van der Waals surface area contributed by atoms with Crippen LogP contribution in [0, 0.1) is 0 Å². The molecule has 6 rings (SSSR count). The van der Waals surface area contributed by atoms with E-state index < -0.39 is 24.7 Å². The molecular formula is C39H40Cl2N4O8. The van der Waals surface area contributed by atoms with E-state index in [9.17, 15) is 24.6 Å². The molecule has 0 radical (unpaired) electrons. The number of aliphatic hydroxyl groups excluding tert-OH is 2. The number of carbonyl (C=O) groups excluding carboxylic acids is 2. The number of aliphatic hydroxyl groups is 2. The molecule has 5 N–H and O–H groups in total. The van der Waals surface area contributed by atoms with Crippen LogP contribution in [0.1, 0.15) is 13.8 Å². The van der Waals surface area contributed by atoms with Crippen molar-refractivity contribution >= 4 is 52.4 Å². The molecule has 2 amide bonds. The van der Waals surface area contributed by atoms with Gasteiger partial charge < -0.3 is 39.9 Å². The summed E-state index contributed by atoms with van der Waals surface area (Å²) in [4.78, 5) is 40.3. The number of anilines is 2. The first kappa shape index (κ1) is 38.0. The van der Waals surface area contributed by atoms with Crippen LogP contribution >= 0.6 is 23.2 Å². The van der Waals surface area contributed by atoms with Crippen molar-refractivity contribution in [3.63, 3.8) is 0 Å². The summed E-state index contributed by atoms with van der Waals surface area (Å²) in [5.41, 5.74) is 5.64. The highest BCUT2D eigenvalue weighted by Crippen LogP contribution is 2.45. The van der Waals surface area contributed by atoms with E-state index in [1.807, 2.05) is 73.7 Å². The number of amides is 2. The van der Waals surface area contributed by atoms with Crippen LogP contribution in [0.2, 0.25) is 10.0 Å². The van der Waals surface area contributed by atoms with Gasteiger partial charge in [0.2, 0.25) is 0 Å². The average Bonchev–Trinajstić information content (AvgIpc) is 3.15. The average molecular weight is 764 g/mol. The van der Waals surface area contributed by atoms with Gasteiger partial charge in [0, 0.05) is 54.0 Å². The largest absolute Gasteiger partial charge is 0.482 e. The molecule has 14 heteroatoms. The van der Waals surface area contributed by atoms with Gasteiger partial charge in [0.25, 0.3) is 11.8 Å². The number of nitrogens with zero attached hydrogens (tertiary/aromatic N) is 2. The van der Waals surface area contributed by atoms with E-state index in [0.29, 0.717) is 57.1 Å². The van der Waals surface area contributed by atoms with Gasteiger partial charge in [0.1, 0.15) is 17.5 Å². The summed E-state index contributed by atoms with van der Waals surface area (Å²) in [5.74, 6) is -0.572. The Labute approximate surface area is 316 Å². The Morgan fingerprint density at radius 3 is 1.68 bits per heavy atom. The van der Waals surface area contributed by atoms with Gasteiger partial charge in [0.15, 0.2) is 13.2 Å². The van der Waals surface area contributed by atoms with E-state index in [1.54, 1.807) is 17.9 Å². The zero-order chi connectivity index (χ0) is 37.8. The third kappa shape index (κ3) is 8.13. The van der Waals surface area contributed by atoms with Crippen molar-refractivity contribution in [1.82, 2.24) is 10.6 Å². The molecule has 4 aromatic carbocycles. The lowest BCUT2D eigenvalue weighted by Gasteiger charge is -2.32. The minimum atomic E-state index is -1.18. The van der Waals surface area contributed by atoms with E-state index >= 15 is 0 Å². The molecule has 0 spiro atoms. The Bertz CT molecular complexity index is 2030. The molecule has 2 aliphatic rings. The van der Waals surface area contributed by atoms with Crippen LogP contribution in [0.15, 0.2) is 72.8 Å². The number of nitrogens with one attached hydrogen (secondary N) is 2. The topological polar surface area (TPSA) is 161 Å². The van der Waals surface area contributed by atoms with Gasteiger partial charge in [-0.2, -0.15) is 0 Å². The van der Waals surface area contributed by atoms with E-state index in [2.05, 4.69) is 10.6 Å². The van der Waals surface area contributed by atoms with Gasteiger partial charge in [-0.3, -0.25) is 19.7 Å². The molecule has 2 aliphatic heterocycles. The summed E-state index contributed by atoms with van der Waals surface area (Å²) in [6.45, 7) is 3.86. The molecule has 0 saturated carbocycles. The number of hydrogen-bond donors (Lipinski definition) is 5. The number of halogens is 2. The maximum atomic E-state index is 12.9. The van der Waals surface area contributed by atoms with Crippen LogP contribution in [0.25, 0.3) is 33.4 Å². The van der Waals surface area contributed by atoms with Crippen molar-refractivity contribution in [2.24, 2.45) is 0 Å². The minimum Gasteiger partial charge on any atom is -0.482 e. The fourth-order valence-electron chi connectivity index (χ4n) is 6.59. The standard InChI is InChI=1S/C39H40Cl2N4O8/c1-22(42-13-14-46)17-44-31-11-9-24(15-33(31)52-20-35(44)48)26-5-3-7-28(37(26)40)29-8-4-6-27(38(29)41)25-10-12-32-34(16-25)53-21-36(49)45(32)18-23(2)43-30(19-47)39(50)51/h3-12,15-16,22-23,30,42-43,46-47H,13-14,17-21H2,1-2H3,(H,50,51)/t22-,23-,30+/m1/s1. The molecule has 4 aromatic rings. The zero-order valence-electron chi connectivity index (χ0n) is 29.1. The summed E-state index contributed by atoms with van der Waals surface area (Å²) in [6, 6.07) is 20.8. The van der Waals surface area contributed by atoms with Gasteiger partial charge in [-0.1, -0.05) is 71.7 Å². The lowest BCUT2D eigenvalue weighted by atomic mass is 9.95. The quantitative estimate of drug-likeness (QED) is 0.120. The second-order valence-electron chi connectivity index (χ2n) is 13.0. The monoisotopic (exact) mass is 762 g/mol. The maximum Gasteiger partial charge on any atom is 0.323 e. The van der Waals surface area contributed by atoms with Crippen molar-refractivity contribution in [2.75, 3.05) is 55.9 Å². The lowest BCUT2D eigenvalue weighted by Crippen LogP contribution is -2.51. The fraction of sp³-hybridized carbons (Fsp3) is 0.308. The molecular weight excluding hydrogens is 723 g/mol. The van der Waals surface area contributed by atoms with E-state index in [0.717, 1.165) is 22.3 Å². The van der Waals surface area contributed by atoms with E-state index in [4.69, 9.17) is 37.8 Å². The summed E-state index contributed by atoms with van der Waals surface area (Å²) in [6.07, 6.45) is 0. The number of aliphatic carboxylic acids is 1. The smallest absolute Gasteiger partial charge is 0.323 e. The van der Waals surface area contributed by atoms with Crippen molar-refractivity contribution in [1.29, 1.82) is 0 Å². The van der Waals surface area contributed by atoms with Crippen LogP contribution in [-0.2, 0) is 14.4 Å². The van der Waals surface area contributed by atoms with Crippen molar-refractivity contribution in [3.8, 4) is 44.9 Å². The number of carbonyl (C=O) groups is 3. The van der Waals surface area contributed by atoms with Crippen molar-refractivity contribution < 1.29 is 39.2 Å². The Kier molecular flexibility index (Phi) is 11.9. The predicted octanol–water partition coefficient (Wildman–Crippen LogP) is 4.84. The van der Waals surface area contributed by atoms with Crippen LogP contribution in [0.4, 0.5) is 11.4 Å². The number of fused-ring (bicyclic) bond motifs is 2. The normalized spacial score (nSPS) is 15.6. The third-order valence-electron chi connectivity index (χ3n) is 9.20. The van der Waals surface area contributed by atoms with Crippen LogP contribution in [0.3, 0.4) is 0 Å². The van der Waals surface area contributed by atoms with Crippen molar-refractivity contribution in [3.05, 3.63) is 82.8 Å². The van der Waals surface area contributed by atoms with Crippen molar-refractivity contribution in [2.45, 2.75) is 32.0 Å². The highest BCUT2D eigenvalue weighted by Gasteiger charge is 2.30. The Balaban J connectivity index is 1.27. The first-order valence-electron chi connectivity index (χ1n) is 17.2.